The number of piperidine rings is 1. The van der Waals surface area contributed by atoms with Crippen molar-refractivity contribution in [3.8, 4) is 5.75 Å². The molecule has 2 aromatic rings. The molecule has 0 atom stereocenters. The summed E-state index contributed by atoms with van der Waals surface area (Å²) in [7, 11) is 2.02. The smallest absolute Gasteiger partial charge is 0.416 e. The maximum absolute atomic E-state index is 13.2. The summed E-state index contributed by atoms with van der Waals surface area (Å²) in [6, 6.07) is 7.82. The number of nitrogens with zero attached hydrogens (tertiary/aromatic N) is 3. The van der Waals surface area contributed by atoms with Crippen molar-refractivity contribution < 1.29 is 50.3 Å². The van der Waals surface area contributed by atoms with Gasteiger partial charge in [0.15, 0.2) is 6.61 Å². The lowest BCUT2D eigenvalue weighted by molar-refractivity contribution is -0.143. The molecule has 0 bridgehead atoms. The number of oxime groups is 1. The Bertz CT molecular complexity index is 1230. The number of morpholine rings is 1. The van der Waals surface area contributed by atoms with Crippen LogP contribution in [0.3, 0.4) is 0 Å². The van der Waals surface area contributed by atoms with Gasteiger partial charge in [-0.25, -0.2) is 5.48 Å². The van der Waals surface area contributed by atoms with Crippen molar-refractivity contribution in [2.75, 3.05) is 59.6 Å². The number of halogens is 6. The Morgan fingerprint density at radius 2 is 1.57 bits per heavy atom. The van der Waals surface area contributed by atoms with Gasteiger partial charge in [0.05, 0.1) is 30.4 Å². The maximum atomic E-state index is 13.2. The summed E-state index contributed by atoms with van der Waals surface area (Å²) in [6.45, 7) is 3.34. The molecule has 0 aromatic heterocycles. The molecule has 1 amide bonds. The van der Waals surface area contributed by atoms with Crippen molar-refractivity contribution in [3.63, 3.8) is 0 Å². The average Bonchev–Trinajstić information content (AvgIpc) is 2.99. The van der Waals surface area contributed by atoms with Gasteiger partial charge in [-0.2, -0.15) is 26.3 Å². The monoisotopic (exact) mass is 632 g/mol. The van der Waals surface area contributed by atoms with Crippen LogP contribution in [0.4, 0.5) is 26.3 Å². The number of alkyl halides is 6. The second kappa shape index (κ2) is 15.1. The minimum Gasteiger partial charge on any atom is -0.484 e. The molecule has 0 radical (unpaired) electrons. The normalized spacial score (nSPS) is 17.8. The SMILES string of the molecule is CN1CCC(ONC(=O)COc2ccc(/C(CN3CCOCC3)=N/OCc3cc(C(F)(F)F)cc(C(F)(F)F)c3)cc2)CC1. The van der Waals surface area contributed by atoms with Crippen LogP contribution in [0.2, 0.25) is 0 Å². The van der Waals surface area contributed by atoms with Gasteiger partial charge >= 0.3 is 12.4 Å². The number of nitrogens with one attached hydrogen (secondary N) is 1. The first-order chi connectivity index (χ1) is 20.9. The third kappa shape index (κ3) is 10.4. The Hall–Kier alpha value is -3.40. The van der Waals surface area contributed by atoms with E-state index in [1.165, 1.54) is 0 Å². The van der Waals surface area contributed by atoms with Gasteiger partial charge in [0.1, 0.15) is 18.1 Å². The highest BCUT2D eigenvalue weighted by Gasteiger charge is 2.37. The predicted octanol–water partition coefficient (Wildman–Crippen LogP) is 4.50. The van der Waals surface area contributed by atoms with Crippen molar-refractivity contribution in [1.29, 1.82) is 0 Å². The number of rotatable bonds is 11. The van der Waals surface area contributed by atoms with Gasteiger partial charge in [0, 0.05) is 38.3 Å². The summed E-state index contributed by atoms with van der Waals surface area (Å²) >= 11 is 0. The van der Waals surface area contributed by atoms with Crippen LogP contribution < -0.4 is 10.2 Å². The zero-order chi connectivity index (χ0) is 31.7. The Morgan fingerprint density at radius 3 is 2.16 bits per heavy atom. The van der Waals surface area contributed by atoms with E-state index in [2.05, 4.69) is 15.5 Å². The molecule has 242 valence electrons. The van der Waals surface area contributed by atoms with Crippen LogP contribution in [0.15, 0.2) is 47.6 Å². The highest BCUT2D eigenvalue weighted by molar-refractivity contribution is 6.01. The molecule has 2 saturated heterocycles. The lowest BCUT2D eigenvalue weighted by Crippen LogP contribution is -2.39. The largest absolute Gasteiger partial charge is 0.484 e. The Morgan fingerprint density at radius 1 is 0.955 bits per heavy atom. The first kappa shape index (κ1) is 33.5. The second-order valence-electron chi connectivity index (χ2n) is 10.6. The zero-order valence-electron chi connectivity index (χ0n) is 24.0. The molecule has 0 unspecified atom stereocenters. The third-order valence-corrected chi connectivity index (χ3v) is 7.09. The minimum atomic E-state index is -4.97. The van der Waals surface area contributed by atoms with E-state index in [1.807, 2.05) is 11.9 Å². The van der Waals surface area contributed by atoms with Crippen LogP contribution in [0.5, 0.6) is 5.75 Å². The van der Waals surface area contributed by atoms with E-state index in [0.717, 1.165) is 25.9 Å². The molecule has 9 nitrogen and oxygen atoms in total. The van der Waals surface area contributed by atoms with Gasteiger partial charge in [-0.1, -0.05) is 5.16 Å². The molecular weight excluding hydrogens is 598 g/mol. The number of ether oxygens (including phenoxy) is 2. The summed E-state index contributed by atoms with van der Waals surface area (Å²) in [5.74, 6) is -0.0577. The molecule has 15 heteroatoms. The predicted molar refractivity (Wildman–Crippen MR) is 147 cm³/mol. The topological polar surface area (TPSA) is 84.9 Å². The lowest BCUT2D eigenvalue weighted by atomic mass is 10.1. The number of likely N-dealkylation sites (tertiary alicyclic amines) is 1. The Labute approximate surface area is 250 Å². The summed E-state index contributed by atoms with van der Waals surface area (Å²) in [5.41, 5.74) is 0.201. The Balaban J connectivity index is 1.39. The molecule has 2 aromatic carbocycles. The third-order valence-electron chi connectivity index (χ3n) is 7.09. The van der Waals surface area contributed by atoms with Crippen molar-refractivity contribution in [2.45, 2.75) is 37.9 Å². The molecule has 4 rings (SSSR count). The average molecular weight is 633 g/mol. The number of carbonyl (C=O) groups excluding carboxylic acids is 1. The lowest BCUT2D eigenvalue weighted by Gasteiger charge is -2.28. The van der Waals surface area contributed by atoms with Gasteiger partial charge in [0.25, 0.3) is 5.91 Å². The van der Waals surface area contributed by atoms with Crippen molar-refractivity contribution in [2.24, 2.45) is 5.16 Å². The minimum absolute atomic E-state index is 0.0545. The summed E-state index contributed by atoms with van der Waals surface area (Å²) in [4.78, 5) is 27.1. The highest BCUT2D eigenvalue weighted by Crippen LogP contribution is 2.36. The van der Waals surface area contributed by atoms with Crippen LogP contribution in [-0.4, -0.2) is 87.1 Å². The molecule has 0 aliphatic carbocycles. The van der Waals surface area contributed by atoms with E-state index in [4.69, 9.17) is 19.1 Å². The Kier molecular flexibility index (Phi) is 11.5. The van der Waals surface area contributed by atoms with Gasteiger partial charge in [-0.05, 0) is 67.9 Å². The fourth-order valence-electron chi connectivity index (χ4n) is 4.61. The van der Waals surface area contributed by atoms with Gasteiger partial charge in [0.2, 0.25) is 0 Å². The first-order valence-electron chi connectivity index (χ1n) is 14.0. The van der Waals surface area contributed by atoms with Crippen LogP contribution in [0, 0.1) is 0 Å². The maximum Gasteiger partial charge on any atom is 0.416 e. The van der Waals surface area contributed by atoms with Gasteiger partial charge in [-0.15, -0.1) is 0 Å². The number of carbonyl (C=O) groups is 1. The van der Waals surface area contributed by atoms with E-state index in [9.17, 15) is 31.1 Å². The van der Waals surface area contributed by atoms with Crippen molar-refractivity contribution >= 4 is 11.6 Å². The molecule has 2 aliphatic rings. The van der Waals surface area contributed by atoms with E-state index >= 15 is 0 Å². The van der Waals surface area contributed by atoms with Gasteiger partial charge in [-0.3, -0.25) is 14.5 Å². The number of hydroxylamine groups is 1. The van der Waals surface area contributed by atoms with E-state index in [-0.39, 0.29) is 30.9 Å². The molecule has 2 heterocycles. The molecule has 44 heavy (non-hydrogen) atoms. The zero-order valence-corrected chi connectivity index (χ0v) is 24.0. The summed E-state index contributed by atoms with van der Waals surface area (Å²) in [6.07, 6.45) is -8.37. The highest BCUT2D eigenvalue weighted by atomic mass is 19.4. The van der Waals surface area contributed by atoms with Crippen molar-refractivity contribution in [3.05, 3.63) is 64.7 Å². The quantitative estimate of drug-likeness (QED) is 0.222. The first-order valence-corrected chi connectivity index (χ1v) is 14.0. The fourth-order valence-corrected chi connectivity index (χ4v) is 4.61. The van der Waals surface area contributed by atoms with E-state index in [1.54, 1.807) is 24.3 Å². The van der Waals surface area contributed by atoms with Gasteiger partial charge < -0.3 is 19.2 Å². The summed E-state index contributed by atoms with van der Waals surface area (Å²) in [5, 5.41) is 4.09. The van der Waals surface area contributed by atoms with Crippen molar-refractivity contribution in [1.82, 2.24) is 15.3 Å². The number of hydrogen-bond donors (Lipinski definition) is 1. The fraction of sp³-hybridized carbons (Fsp3) is 0.517. The number of benzene rings is 2. The van der Waals surface area contributed by atoms with Crippen LogP contribution >= 0.6 is 0 Å². The molecular formula is C29H34F6N4O5. The van der Waals surface area contributed by atoms with Crippen LogP contribution in [-0.2, 0) is 38.2 Å². The summed E-state index contributed by atoms with van der Waals surface area (Å²) < 4.78 is 90.3. The van der Waals surface area contributed by atoms with Crippen LogP contribution in [0.25, 0.3) is 0 Å². The van der Waals surface area contributed by atoms with E-state index in [0.29, 0.717) is 55.5 Å². The number of amides is 1. The van der Waals surface area contributed by atoms with Crippen LogP contribution in [0.1, 0.15) is 35.1 Å². The number of hydrogen-bond acceptors (Lipinski definition) is 8. The standard InChI is InChI=1S/C29H34F6N4O5/c1-38-8-6-25(7-9-38)44-37-27(40)19-42-24-4-2-21(3-5-24)26(17-39-10-12-41-13-11-39)36-43-18-20-14-22(28(30,31)32)16-23(15-20)29(33,34)35/h2-5,14-16,25H,6-13,17-19H2,1H3,(H,37,40)/b36-26+. The second-order valence-corrected chi connectivity index (χ2v) is 10.6. The van der Waals surface area contributed by atoms with E-state index < -0.39 is 36.0 Å². The molecule has 0 saturated carbocycles. The molecule has 1 N–H and O–H groups in total. The molecule has 2 fully saturated rings. The molecule has 2 aliphatic heterocycles. The molecule has 0 spiro atoms.